The van der Waals surface area contributed by atoms with E-state index in [4.69, 9.17) is 21.8 Å². The van der Waals surface area contributed by atoms with Crippen LogP contribution in [0.1, 0.15) is 10.4 Å². The fourth-order valence-electron chi connectivity index (χ4n) is 0.938. The Kier molecular flexibility index (Phi) is 5.11. The molecular formula is C10H11ClO3S. The van der Waals surface area contributed by atoms with E-state index in [-0.39, 0.29) is 6.61 Å². The van der Waals surface area contributed by atoms with E-state index in [0.717, 1.165) is 4.90 Å². The number of aliphatic hydroxyl groups excluding tert-OH is 2. The van der Waals surface area contributed by atoms with Crippen LogP contribution in [0, 0.1) is 0 Å². The third-order valence-corrected chi connectivity index (χ3v) is 3.22. The molecule has 0 aromatic heterocycles. The average molecular weight is 247 g/mol. The summed E-state index contributed by atoms with van der Waals surface area (Å²) >= 11 is 7.20. The first-order valence-electron chi connectivity index (χ1n) is 4.34. The van der Waals surface area contributed by atoms with Crippen LogP contribution in [0.5, 0.6) is 0 Å². The number of rotatable bonds is 5. The topological polar surface area (TPSA) is 57.5 Å². The minimum atomic E-state index is -0.737. The van der Waals surface area contributed by atoms with E-state index in [1.165, 1.54) is 11.8 Å². The van der Waals surface area contributed by atoms with Gasteiger partial charge in [0.25, 0.3) is 0 Å². The van der Waals surface area contributed by atoms with E-state index in [1.54, 1.807) is 18.2 Å². The molecular weight excluding hydrogens is 236 g/mol. The van der Waals surface area contributed by atoms with E-state index in [2.05, 4.69) is 0 Å². The molecule has 0 heterocycles. The Morgan fingerprint density at radius 1 is 1.53 bits per heavy atom. The second-order valence-electron chi connectivity index (χ2n) is 2.95. The van der Waals surface area contributed by atoms with Crippen LogP contribution < -0.4 is 0 Å². The quantitative estimate of drug-likeness (QED) is 0.612. The molecule has 0 amide bonds. The van der Waals surface area contributed by atoms with Crippen LogP contribution in [0.25, 0.3) is 0 Å². The zero-order chi connectivity index (χ0) is 11.3. The molecule has 0 aliphatic carbocycles. The Balaban J connectivity index is 2.63. The zero-order valence-electron chi connectivity index (χ0n) is 7.89. The van der Waals surface area contributed by atoms with Crippen molar-refractivity contribution in [2.45, 2.75) is 11.0 Å². The smallest absolute Gasteiger partial charge is 0.151 e. The molecule has 0 radical (unpaired) electrons. The summed E-state index contributed by atoms with van der Waals surface area (Å²) in [5.74, 6) is 0.396. The fraction of sp³-hybridized carbons (Fsp3) is 0.300. The summed E-state index contributed by atoms with van der Waals surface area (Å²) in [5, 5.41) is 18.1. The normalized spacial score (nSPS) is 12.5. The first kappa shape index (κ1) is 12.5. The predicted molar refractivity (Wildman–Crippen MR) is 60.7 cm³/mol. The SMILES string of the molecule is O=Cc1ccc(SCC(O)CO)cc1Cl. The number of halogens is 1. The summed E-state index contributed by atoms with van der Waals surface area (Å²) in [6.45, 7) is -0.257. The van der Waals surface area contributed by atoms with E-state index >= 15 is 0 Å². The van der Waals surface area contributed by atoms with E-state index < -0.39 is 6.10 Å². The minimum Gasteiger partial charge on any atom is -0.394 e. The van der Waals surface area contributed by atoms with Gasteiger partial charge < -0.3 is 10.2 Å². The van der Waals surface area contributed by atoms with Crippen molar-refractivity contribution in [1.29, 1.82) is 0 Å². The lowest BCUT2D eigenvalue weighted by molar-refractivity contribution is 0.112. The third-order valence-electron chi connectivity index (χ3n) is 1.75. The molecule has 1 unspecified atom stereocenters. The van der Waals surface area contributed by atoms with Gasteiger partial charge in [0.2, 0.25) is 0 Å². The van der Waals surface area contributed by atoms with Gasteiger partial charge in [-0.05, 0) is 18.2 Å². The van der Waals surface area contributed by atoms with Gasteiger partial charge in [-0.3, -0.25) is 4.79 Å². The second-order valence-corrected chi connectivity index (χ2v) is 4.45. The Morgan fingerprint density at radius 2 is 2.27 bits per heavy atom. The molecule has 82 valence electrons. The zero-order valence-corrected chi connectivity index (χ0v) is 9.46. The molecule has 1 atom stereocenters. The first-order chi connectivity index (χ1) is 7.17. The van der Waals surface area contributed by atoms with Crippen LogP contribution in [0.4, 0.5) is 0 Å². The number of carbonyl (C=O) groups is 1. The summed E-state index contributed by atoms with van der Waals surface area (Å²) in [6.07, 6.45) is -0.0428. The fourth-order valence-corrected chi connectivity index (χ4v) is 2.08. The van der Waals surface area contributed by atoms with Gasteiger partial charge in [-0.25, -0.2) is 0 Å². The van der Waals surface area contributed by atoms with Crippen molar-refractivity contribution < 1.29 is 15.0 Å². The summed E-state index contributed by atoms with van der Waals surface area (Å²) in [5.41, 5.74) is 0.448. The van der Waals surface area contributed by atoms with Gasteiger partial charge in [0.15, 0.2) is 6.29 Å². The summed E-state index contributed by atoms with van der Waals surface area (Å²) < 4.78 is 0. The lowest BCUT2D eigenvalue weighted by Gasteiger charge is -2.07. The molecule has 2 N–H and O–H groups in total. The molecule has 1 aromatic carbocycles. The third kappa shape index (κ3) is 3.83. The molecule has 3 nitrogen and oxygen atoms in total. The van der Waals surface area contributed by atoms with Gasteiger partial charge >= 0.3 is 0 Å². The second kappa shape index (κ2) is 6.12. The van der Waals surface area contributed by atoms with Gasteiger partial charge in [-0.1, -0.05) is 11.6 Å². The Morgan fingerprint density at radius 3 is 2.80 bits per heavy atom. The number of carbonyl (C=O) groups excluding carboxylic acids is 1. The van der Waals surface area contributed by atoms with Gasteiger partial charge in [0, 0.05) is 16.2 Å². The molecule has 15 heavy (non-hydrogen) atoms. The highest BCUT2D eigenvalue weighted by Gasteiger charge is 2.05. The maximum absolute atomic E-state index is 10.5. The maximum atomic E-state index is 10.5. The first-order valence-corrected chi connectivity index (χ1v) is 5.70. The van der Waals surface area contributed by atoms with Crippen molar-refractivity contribution in [2.24, 2.45) is 0 Å². The summed E-state index contributed by atoms with van der Waals surface area (Å²) in [7, 11) is 0. The van der Waals surface area contributed by atoms with Crippen molar-refractivity contribution in [2.75, 3.05) is 12.4 Å². The molecule has 1 aromatic rings. The molecule has 0 fully saturated rings. The highest BCUT2D eigenvalue weighted by Crippen LogP contribution is 2.24. The maximum Gasteiger partial charge on any atom is 0.151 e. The number of hydrogen-bond donors (Lipinski definition) is 2. The van der Waals surface area contributed by atoms with Crippen LogP contribution in [-0.4, -0.2) is 35.0 Å². The molecule has 5 heteroatoms. The van der Waals surface area contributed by atoms with Gasteiger partial charge in [0.05, 0.1) is 17.7 Å². The van der Waals surface area contributed by atoms with Crippen molar-refractivity contribution >= 4 is 29.6 Å². The van der Waals surface area contributed by atoms with E-state index in [0.29, 0.717) is 22.6 Å². The van der Waals surface area contributed by atoms with Crippen LogP contribution >= 0.6 is 23.4 Å². The monoisotopic (exact) mass is 246 g/mol. The number of aldehydes is 1. The minimum absolute atomic E-state index is 0.257. The molecule has 0 spiro atoms. The highest BCUT2D eigenvalue weighted by atomic mass is 35.5. The standard InChI is InChI=1S/C10H11ClO3S/c11-10-3-9(2-1-7(10)4-12)15-6-8(14)5-13/h1-4,8,13-14H,5-6H2. The molecule has 0 bridgehead atoms. The van der Waals surface area contributed by atoms with Crippen molar-refractivity contribution in [3.63, 3.8) is 0 Å². The molecule has 1 rings (SSSR count). The number of hydrogen-bond acceptors (Lipinski definition) is 4. The summed E-state index contributed by atoms with van der Waals surface area (Å²) in [6, 6.07) is 5.05. The molecule has 0 saturated heterocycles. The van der Waals surface area contributed by atoms with Crippen LogP contribution in [0.2, 0.25) is 5.02 Å². The largest absolute Gasteiger partial charge is 0.394 e. The Hall–Kier alpha value is -0.550. The Bertz CT molecular complexity index is 343. The van der Waals surface area contributed by atoms with Crippen LogP contribution in [0.3, 0.4) is 0 Å². The number of aliphatic hydroxyl groups is 2. The van der Waals surface area contributed by atoms with Crippen molar-refractivity contribution in [3.8, 4) is 0 Å². The number of benzene rings is 1. The van der Waals surface area contributed by atoms with Gasteiger partial charge in [0.1, 0.15) is 0 Å². The van der Waals surface area contributed by atoms with Crippen molar-refractivity contribution in [1.82, 2.24) is 0 Å². The van der Waals surface area contributed by atoms with Crippen LogP contribution in [0.15, 0.2) is 23.1 Å². The lowest BCUT2D eigenvalue weighted by Crippen LogP contribution is -2.14. The van der Waals surface area contributed by atoms with E-state index in [1.807, 2.05) is 0 Å². The van der Waals surface area contributed by atoms with Gasteiger partial charge in [-0.15, -0.1) is 11.8 Å². The predicted octanol–water partition coefficient (Wildman–Crippen LogP) is 1.60. The molecule has 0 aliphatic rings. The van der Waals surface area contributed by atoms with E-state index in [9.17, 15) is 4.79 Å². The highest BCUT2D eigenvalue weighted by molar-refractivity contribution is 7.99. The van der Waals surface area contributed by atoms with Crippen molar-refractivity contribution in [3.05, 3.63) is 28.8 Å². The number of thioether (sulfide) groups is 1. The lowest BCUT2D eigenvalue weighted by atomic mass is 10.2. The summed E-state index contributed by atoms with van der Waals surface area (Å²) in [4.78, 5) is 11.3. The molecule has 0 saturated carbocycles. The van der Waals surface area contributed by atoms with Crippen LogP contribution in [-0.2, 0) is 0 Å². The van der Waals surface area contributed by atoms with Gasteiger partial charge in [-0.2, -0.15) is 0 Å². The average Bonchev–Trinajstić information content (AvgIpc) is 2.26. The molecule has 0 aliphatic heterocycles. The Labute approximate surface area is 97.1 Å².